The first-order valence-electron chi connectivity index (χ1n) is 4.19. The maximum absolute atomic E-state index is 10.4. The van der Waals surface area contributed by atoms with E-state index in [-0.39, 0.29) is 6.54 Å². The Morgan fingerprint density at radius 1 is 1.67 bits per heavy atom. The predicted molar refractivity (Wildman–Crippen MR) is 54.3 cm³/mol. The molecule has 0 aromatic carbocycles. The SMILES string of the molecule is O=C(O)Cn1cc(Oc2cccs2)cn1. The molecule has 6 heteroatoms. The third kappa shape index (κ3) is 2.57. The van der Waals surface area contributed by atoms with Crippen molar-refractivity contribution >= 4 is 17.3 Å². The fourth-order valence-electron chi connectivity index (χ4n) is 1.06. The first kappa shape index (κ1) is 9.72. The highest BCUT2D eigenvalue weighted by molar-refractivity contribution is 7.11. The van der Waals surface area contributed by atoms with Gasteiger partial charge in [-0.05, 0) is 17.5 Å². The molecule has 0 unspecified atom stereocenters. The van der Waals surface area contributed by atoms with Gasteiger partial charge in [0.2, 0.25) is 0 Å². The lowest BCUT2D eigenvalue weighted by molar-refractivity contribution is -0.137. The maximum atomic E-state index is 10.4. The molecule has 2 aromatic rings. The van der Waals surface area contributed by atoms with E-state index in [1.54, 1.807) is 6.20 Å². The number of hydrogen-bond acceptors (Lipinski definition) is 4. The van der Waals surface area contributed by atoms with E-state index in [0.29, 0.717) is 5.75 Å². The Morgan fingerprint density at radius 2 is 2.53 bits per heavy atom. The molecule has 1 N–H and O–H groups in total. The van der Waals surface area contributed by atoms with Gasteiger partial charge in [-0.2, -0.15) is 5.10 Å². The molecule has 0 spiro atoms. The van der Waals surface area contributed by atoms with Gasteiger partial charge in [0.25, 0.3) is 0 Å². The van der Waals surface area contributed by atoms with Gasteiger partial charge in [0.05, 0.1) is 12.4 Å². The van der Waals surface area contributed by atoms with Gasteiger partial charge in [0.1, 0.15) is 6.54 Å². The number of carboxylic acids is 1. The van der Waals surface area contributed by atoms with E-state index in [4.69, 9.17) is 9.84 Å². The van der Waals surface area contributed by atoms with E-state index in [9.17, 15) is 4.79 Å². The largest absolute Gasteiger partial charge is 0.480 e. The van der Waals surface area contributed by atoms with Gasteiger partial charge in [-0.1, -0.05) is 0 Å². The third-order valence-corrected chi connectivity index (χ3v) is 2.37. The smallest absolute Gasteiger partial charge is 0.325 e. The minimum Gasteiger partial charge on any atom is -0.480 e. The molecule has 0 saturated carbocycles. The molecule has 0 fully saturated rings. The Kier molecular flexibility index (Phi) is 2.68. The number of aliphatic carboxylic acids is 1. The minimum atomic E-state index is -0.930. The lowest BCUT2D eigenvalue weighted by Crippen LogP contribution is -2.08. The molecule has 2 heterocycles. The van der Waals surface area contributed by atoms with Gasteiger partial charge < -0.3 is 9.84 Å². The van der Waals surface area contributed by atoms with Crippen molar-refractivity contribution in [2.24, 2.45) is 0 Å². The molecular weight excluding hydrogens is 216 g/mol. The second kappa shape index (κ2) is 4.14. The zero-order chi connectivity index (χ0) is 10.7. The normalized spacial score (nSPS) is 10.1. The molecule has 0 saturated heterocycles. The number of carboxylic acid groups (broad SMARTS) is 1. The van der Waals surface area contributed by atoms with Crippen molar-refractivity contribution in [1.82, 2.24) is 9.78 Å². The number of ether oxygens (including phenoxy) is 1. The van der Waals surface area contributed by atoms with E-state index in [1.165, 1.54) is 22.2 Å². The Balaban J connectivity index is 2.04. The summed E-state index contributed by atoms with van der Waals surface area (Å²) in [4.78, 5) is 10.4. The van der Waals surface area contributed by atoms with Gasteiger partial charge in [0, 0.05) is 0 Å². The Bertz CT molecular complexity index is 450. The van der Waals surface area contributed by atoms with E-state index in [1.807, 2.05) is 17.5 Å². The summed E-state index contributed by atoms with van der Waals surface area (Å²) in [6.45, 7) is -0.159. The van der Waals surface area contributed by atoms with Crippen LogP contribution in [0, 0.1) is 0 Å². The van der Waals surface area contributed by atoms with Crippen molar-refractivity contribution in [2.45, 2.75) is 6.54 Å². The monoisotopic (exact) mass is 224 g/mol. The summed E-state index contributed by atoms with van der Waals surface area (Å²) in [7, 11) is 0. The molecule has 0 aliphatic heterocycles. The second-order valence-electron chi connectivity index (χ2n) is 2.80. The highest BCUT2D eigenvalue weighted by atomic mass is 32.1. The van der Waals surface area contributed by atoms with Crippen molar-refractivity contribution in [2.75, 3.05) is 0 Å². The summed E-state index contributed by atoms with van der Waals surface area (Å²) in [6, 6.07) is 3.71. The summed E-state index contributed by atoms with van der Waals surface area (Å²) in [5.74, 6) is -0.389. The van der Waals surface area contributed by atoms with Crippen LogP contribution >= 0.6 is 11.3 Å². The number of nitrogens with zero attached hydrogens (tertiary/aromatic N) is 2. The van der Waals surface area contributed by atoms with Crippen LogP contribution < -0.4 is 4.74 Å². The van der Waals surface area contributed by atoms with Gasteiger partial charge in [-0.15, -0.1) is 11.3 Å². The molecule has 0 aliphatic carbocycles. The number of thiophene rings is 1. The predicted octanol–water partition coefficient (Wildman–Crippen LogP) is 1.82. The fraction of sp³-hybridized carbons (Fsp3) is 0.111. The van der Waals surface area contributed by atoms with Crippen molar-refractivity contribution in [3.63, 3.8) is 0 Å². The van der Waals surface area contributed by atoms with Crippen LogP contribution in [0.4, 0.5) is 0 Å². The van der Waals surface area contributed by atoms with Crippen LogP contribution in [0.25, 0.3) is 0 Å². The average molecular weight is 224 g/mol. The zero-order valence-corrected chi connectivity index (χ0v) is 8.48. The molecule has 0 bridgehead atoms. The van der Waals surface area contributed by atoms with Crippen LogP contribution in [-0.2, 0) is 11.3 Å². The topological polar surface area (TPSA) is 64.3 Å². The van der Waals surface area contributed by atoms with Crippen molar-refractivity contribution < 1.29 is 14.6 Å². The molecule has 0 atom stereocenters. The first-order chi connectivity index (χ1) is 7.24. The molecule has 2 rings (SSSR count). The van der Waals surface area contributed by atoms with Crippen molar-refractivity contribution in [3.05, 3.63) is 29.9 Å². The number of hydrogen-bond donors (Lipinski definition) is 1. The molecular formula is C9H8N2O3S. The van der Waals surface area contributed by atoms with Gasteiger partial charge in [0.15, 0.2) is 10.8 Å². The van der Waals surface area contributed by atoms with Gasteiger partial charge in [-0.25, -0.2) is 0 Å². The first-order valence-corrected chi connectivity index (χ1v) is 5.07. The number of aromatic nitrogens is 2. The molecule has 5 nitrogen and oxygen atoms in total. The summed E-state index contributed by atoms with van der Waals surface area (Å²) in [6.07, 6.45) is 3.04. The van der Waals surface area contributed by atoms with Crippen LogP contribution in [0.2, 0.25) is 0 Å². The second-order valence-corrected chi connectivity index (χ2v) is 3.71. The van der Waals surface area contributed by atoms with E-state index in [0.717, 1.165) is 5.06 Å². The van der Waals surface area contributed by atoms with E-state index in [2.05, 4.69) is 5.10 Å². The highest BCUT2D eigenvalue weighted by Crippen LogP contribution is 2.25. The summed E-state index contributed by atoms with van der Waals surface area (Å²) >= 11 is 1.47. The molecule has 0 amide bonds. The molecule has 0 radical (unpaired) electrons. The Hall–Kier alpha value is -1.82. The van der Waals surface area contributed by atoms with E-state index < -0.39 is 5.97 Å². The van der Waals surface area contributed by atoms with Crippen LogP contribution in [0.1, 0.15) is 0 Å². The van der Waals surface area contributed by atoms with Crippen molar-refractivity contribution in [1.29, 1.82) is 0 Å². The fourth-order valence-corrected chi connectivity index (χ4v) is 1.65. The van der Waals surface area contributed by atoms with Crippen LogP contribution in [0.5, 0.6) is 10.8 Å². The summed E-state index contributed by atoms with van der Waals surface area (Å²) < 4.78 is 6.73. The number of rotatable bonds is 4. The molecule has 78 valence electrons. The lowest BCUT2D eigenvalue weighted by atomic mass is 10.6. The molecule has 2 aromatic heterocycles. The van der Waals surface area contributed by atoms with Crippen LogP contribution in [0.3, 0.4) is 0 Å². The number of carbonyl (C=O) groups is 1. The summed E-state index contributed by atoms with van der Waals surface area (Å²) in [5.41, 5.74) is 0. The third-order valence-electron chi connectivity index (χ3n) is 1.62. The Morgan fingerprint density at radius 3 is 3.20 bits per heavy atom. The molecule has 15 heavy (non-hydrogen) atoms. The van der Waals surface area contributed by atoms with Gasteiger partial charge >= 0.3 is 5.97 Å². The molecule has 0 aliphatic rings. The van der Waals surface area contributed by atoms with E-state index >= 15 is 0 Å². The average Bonchev–Trinajstić information content (AvgIpc) is 2.77. The standard InChI is InChI=1S/C9H8N2O3S/c12-8(13)6-11-5-7(4-10-11)14-9-2-1-3-15-9/h1-5H,6H2,(H,12,13). The zero-order valence-electron chi connectivity index (χ0n) is 7.66. The quantitative estimate of drug-likeness (QED) is 0.860. The van der Waals surface area contributed by atoms with Crippen molar-refractivity contribution in [3.8, 4) is 10.8 Å². The van der Waals surface area contributed by atoms with Crippen LogP contribution in [0.15, 0.2) is 29.9 Å². The highest BCUT2D eigenvalue weighted by Gasteiger charge is 2.04. The minimum absolute atomic E-state index is 0.159. The van der Waals surface area contributed by atoms with Crippen LogP contribution in [-0.4, -0.2) is 20.9 Å². The maximum Gasteiger partial charge on any atom is 0.325 e. The summed E-state index contributed by atoms with van der Waals surface area (Å²) in [5, 5.41) is 15.0. The Labute approximate surface area is 89.5 Å². The van der Waals surface area contributed by atoms with Gasteiger partial charge in [-0.3, -0.25) is 9.48 Å². The lowest BCUT2D eigenvalue weighted by Gasteiger charge is -1.96.